The van der Waals surface area contributed by atoms with E-state index in [0.29, 0.717) is 12.5 Å². The van der Waals surface area contributed by atoms with E-state index in [1.807, 2.05) is 6.07 Å². The lowest BCUT2D eigenvalue weighted by Gasteiger charge is -2.06. The molecule has 1 rings (SSSR count). The summed E-state index contributed by atoms with van der Waals surface area (Å²) in [6, 6.07) is 1.82. The third kappa shape index (κ3) is 4.75. The van der Waals surface area contributed by atoms with Crippen LogP contribution in [0.2, 0.25) is 0 Å². The van der Waals surface area contributed by atoms with E-state index in [2.05, 4.69) is 27.2 Å². The van der Waals surface area contributed by atoms with Crippen molar-refractivity contribution in [2.45, 2.75) is 6.42 Å². The van der Waals surface area contributed by atoms with E-state index in [-0.39, 0.29) is 0 Å². The normalized spacial score (nSPS) is 9.81. The van der Waals surface area contributed by atoms with E-state index < -0.39 is 0 Å². The molecule has 0 saturated heterocycles. The van der Waals surface area contributed by atoms with Crippen molar-refractivity contribution in [3.8, 4) is 0 Å². The Bertz CT molecular complexity index is 317. The highest BCUT2D eigenvalue weighted by Crippen LogP contribution is 2.04. The molecule has 0 aliphatic rings. The third-order valence-electron chi connectivity index (χ3n) is 1.89. The SMILES string of the molecule is C=CCNc1ccnc(NCCCOC)n1. The van der Waals surface area contributed by atoms with Crippen molar-refractivity contribution in [2.24, 2.45) is 0 Å². The summed E-state index contributed by atoms with van der Waals surface area (Å²) in [6.45, 7) is 5.87. The molecule has 1 aromatic rings. The second-order valence-corrected chi connectivity index (χ2v) is 3.21. The Morgan fingerprint density at radius 1 is 1.50 bits per heavy atom. The van der Waals surface area contributed by atoms with Crippen molar-refractivity contribution in [2.75, 3.05) is 37.4 Å². The number of hydrogen-bond acceptors (Lipinski definition) is 5. The van der Waals surface area contributed by atoms with Gasteiger partial charge >= 0.3 is 0 Å². The van der Waals surface area contributed by atoms with Gasteiger partial charge in [-0.15, -0.1) is 6.58 Å². The van der Waals surface area contributed by atoms with Gasteiger partial charge in [0, 0.05) is 33.0 Å². The summed E-state index contributed by atoms with van der Waals surface area (Å²) in [5.74, 6) is 1.43. The average molecular weight is 222 g/mol. The average Bonchev–Trinajstić information content (AvgIpc) is 2.33. The van der Waals surface area contributed by atoms with Crippen LogP contribution in [0.15, 0.2) is 24.9 Å². The van der Waals surface area contributed by atoms with E-state index in [0.717, 1.165) is 25.4 Å². The van der Waals surface area contributed by atoms with Crippen molar-refractivity contribution in [3.05, 3.63) is 24.9 Å². The second-order valence-electron chi connectivity index (χ2n) is 3.21. The molecule has 0 bridgehead atoms. The Morgan fingerprint density at radius 3 is 3.12 bits per heavy atom. The number of aromatic nitrogens is 2. The molecule has 5 nitrogen and oxygen atoms in total. The zero-order valence-electron chi connectivity index (χ0n) is 9.57. The molecule has 0 aliphatic heterocycles. The van der Waals surface area contributed by atoms with Gasteiger partial charge in [-0.2, -0.15) is 4.98 Å². The highest BCUT2D eigenvalue weighted by Gasteiger charge is 1.97. The van der Waals surface area contributed by atoms with Crippen LogP contribution < -0.4 is 10.6 Å². The van der Waals surface area contributed by atoms with Gasteiger partial charge in [0.25, 0.3) is 0 Å². The maximum Gasteiger partial charge on any atom is 0.224 e. The number of ether oxygens (including phenoxy) is 1. The molecule has 0 aromatic carbocycles. The molecule has 5 heteroatoms. The van der Waals surface area contributed by atoms with Gasteiger partial charge in [-0.25, -0.2) is 4.98 Å². The Kier molecular flexibility index (Phi) is 5.95. The smallest absolute Gasteiger partial charge is 0.224 e. The molecule has 0 unspecified atom stereocenters. The molecule has 16 heavy (non-hydrogen) atoms. The maximum atomic E-state index is 4.95. The van der Waals surface area contributed by atoms with Crippen molar-refractivity contribution in [3.63, 3.8) is 0 Å². The molecule has 88 valence electrons. The standard InChI is InChI=1S/C11H18N4O/c1-3-6-12-10-5-8-14-11(15-10)13-7-4-9-16-2/h3,5,8H,1,4,6-7,9H2,2H3,(H2,12,13,14,15). The number of nitrogens with zero attached hydrogens (tertiary/aromatic N) is 2. The van der Waals surface area contributed by atoms with Crippen molar-refractivity contribution in [1.29, 1.82) is 0 Å². The minimum atomic E-state index is 0.630. The lowest BCUT2D eigenvalue weighted by atomic mass is 10.4. The molecule has 2 N–H and O–H groups in total. The van der Waals surface area contributed by atoms with Crippen LogP contribution in [0, 0.1) is 0 Å². The number of nitrogens with one attached hydrogen (secondary N) is 2. The molecule has 0 spiro atoms. The minimum absolute atomic E-state index is 0.630. The van der Waals surface area contributed by atoms with Crippen molar-refractivity contribution >= 4 is 11.8 Å². The molecular weight excluding hydrogens is 204 g/mol. The van der Waals surface area contributed by atoms with Gasteiger partial charge in [-0.1, -0.05) is 6.08 Å². The molecule has 0 aliphatic carbocycles. The van der Waals surface area contributed by atoms with Gasteiger partial charge in [0.1, 0.15) is 5.82 Å². The van der Waals surface area contributed by atoms with E-state index in [4.69, 9.17) is 4.74 Å². The zero-order valence-corrected chi connectivity index (χ0v) is 9.57. The summed E-state index contributed by atoms with van der Waals surface area (Å²) in [5.41, 5.74) is 0. The van der Waals surface area contributed by atoms with Crippen LogP contribution in [-0.4, -0.2) is 36.8 Å². The lowest BCUT2D eigenvalue weighted by Crippen LogP contribution is -2.09. The molecule has 0 saturated carbocycles. The molecule has 0 amide bonds. The largest absolute Gasteiger partial charge is 0.385 e. The van der Waals surface area contributed by atoms with Gasteiger partial charge in [0.15, 0.2) is 0 Å². The van der Waals surface area contributed by atoms with E-state index in [1.54, 1.807) is 19.4 Å². The van der Waals surface area contributed by atoms with Gasteiger partial charge in [0.05, 0.1) is 0 Å². The van der Waals surface area contributed by atoms with Crippen molar-refractivity contribution < 1.29 is 4.74 Å². The number of anilines is 2. The first-order chi connectivity index (χ1) is 7.86. The fourth-order valence-electron chi connectivity index (χ4n) is 1.14. The first kappa shape index (κ1) is 12.4. The second kappa shape index (κ2) is 7.64. The van der Waals surface area contributed by atoms with E-state index in [9.17, 15) is 0 Å². The van der Waals surface area contributed by atoms with Crippen LogP contribution in [0.4, 0.5) is 11.8 Å². The first-order valence-corrected chi connectivity index (χ1v) is 5.27. The third-order valence-corrected chi connectivity index (χ3v) is 1.89. The Morgan fingerprint density at radius 2 is 2.38 bits per heavy atom. The monoisotopic (exact) mass is 222 g/mol. The summed E-state index contributed by atoms with van der Waals surface area (Å²) in [5, 5.41) is 6.23. The lowest BCUT2D eigenvalue weighted by molar-refractivity contribution is 0.197. The predicted octanol–water partition coefficient (Wildman–Crippen LogP) is 1.52. The summed E-state index contributed by atoms with van der Waals surface area (Å²) in [4.78, 5) is 8.40. The first-order valence-electron chi connectivity index (χ1n) is 5.27. The summed E-state index contributed by atoms with van der Waals surface area (Å²) < 4.78 is 4.95. The molecule has 1 heterocycles. The van der Waals surface area contributed by atoms with Gasteiger partial charge in [-0.3, -0.25) is 0 Å². The zero-order chi connectivity index (χ0) is 11.6. The van der Waals surface area contributed by atoms with Crippen LogP contribution in [0.3, 0.4) is 0 Å². The van der Waals surface area contributed by atoms with Crippen molar-refractivity contribution in [1.82, 2.24) is 9.97 Å². The number of methoxy groups -OCH3 is 1. The Hall–Kier alpha value is -1.62. The summed E-state index contributed by atoms with van der Waals surface area (Å²) >= 11 is 0. The molecular formula is C11H18N4O. The molecule has 0 radical (unpaired) electrons. The Labute approximate surface area is 95.9 Å². The maximum absolute atomic E-state index is 4.95. The highest BCUT2D eigenvalue weighted by molar-refractivity contribution is 5.39. The molecule has 0 fully saturated rings. The van der Waals surface area contributed by atoms with Gasteiger partial charge < -0.3 is 15.4 Å². The molecule has 0 atom stereocenters. The van der Waals surface area contributed by atoms with E-state index in [1.165, 1.54) is 0 Å². The van der Waals surface area contributed by atoms with Crippen LogP contribution in [0.1, 0.15) is 6.42 Å². The fourth-order valence-corrected chi connectivity index (χ4v) is 1.14. The number of rotatable bonds is 8. The fraction of sp³-hybridized carbons (Fsp3) is 0.455. The van der Waals surface area contributed by atoms with Crippen LogP contribution in [-0.2, 0) is 4.74 Å². The van der Waals surface area contributed by atoms with E-state index >= 15 is 0 Å². The quantitative estimate of drug-likeness (QED) is 0.516. The van der Waals surface area contributed by atoms with Crippen LogP contribution in [0.25, 0.3) is 0 Å². The molecule has 1 aromatic heterocycles. The minimum Gasteiger partial charge on any atom is -0.385 e. The summed E-state index contributed by atoms with van der Waals surface area (Å²) in [6.07, 6.45) is 4.44. The highest BCUT2D eigenvalue weighted by atomic mass is 16.5. The Balaban J connectivity index is 2.37. The topological polar surface area (TPSA) is 59.1 Å². The predicted molar refractivity (Wildman–Crippen MR) is 65.7 cm³/mol. The number of hydrogen-bond donors (Lipinski definition) is 2. The van der Waals surface area contributed by atoms with Crippen LogP contribution >= 0.6 is 0 Å². The summed E-state index contributed by atoms with van der Waals surface area (Å²) in [7, 11) is 1.69. The van der Waals surface area contributed by atoms with Gasteiger partial charge in [-0.05, 0) is 12.5 Å². The van der Waals surface area contributed by atoms with Gasteiger partial charge in [0.2, 0.25) is 5.95 Å². The van der Waals surface area contributed by atoms with Crippen LogP contribution in [0.5, 0.6) is 0 Å².